The van der Waals surface area contributed by atoms with Crippen LogP contribution in [0.5, 0.6) is 0 Å². The molecule has 1 N–H and O–H groups in total. The fourth-order valence-electron chi connectivity index (χ4n) is 2.98. The van der Waals surface area contributed by atoms with Gasteiger partial charge in [0.2, 0.25) is 0 Å². The van der Waals surface area contributed by atoms with E-state index in [1.54, 1.807) is 6.07 Å². The summed E-state index contributed by atoms with van der Waals surface area (Å²) in [6, 6.07) is 6.83. The van der Waals surface area contributed by atoms with E-state index in [0.29, 0.717) is 0 Å². The SMILES string of the molecule is CCCCCCCCCC(CC)c1ccccc1S(=O)(=O)O. The van der Waals surface area contributed by atoms with Crippen LogP contribution in [0.2, 0.25) is 0 Å². The quantitative estimate of drug-likeness (QED) is 0.427. The fraction of sp³-hybridized carbons (Fsp3) is 0.667. The average molecular weight is 327 g/mol. The van der Waals surface area contributed by atoms with Crippen molar-refractivity contribution in [2.45, 2.75) is 82.4 Å². The molecule has 0 amide bonds. The van der Waals surface area contributed by atoms with Gasteiger partial charge in [-0.1, -0.05) is 77.0 Å². The van der Waals surface area contributed by atoms with Crippen LogP contribution in [0.1, 0.15) is 83.1 Å². The Kier molecular flexibility index (Phi) is 8.72. The lowest BCUT2D eigenvalue weighted by molar-refractivity contribution is 0.476. The predicted molar refractivity (Wildman–Crippen MR) is 91.9 cm³/mol. The van der Waals surface area contributed by atoms with Crippen molar-refractivity contribution in [3.63, 3.8) is 0 Å². The molecule has 0 aliphatic heterocycles. The lowest BCUT2D eigenvalue weighted by atomic mass is 9.90. The Balaban J connectivity index is 2.55. The zero-order valence-corrected chi connectivity index (χ0v) is 14.7. The van der Waals surface area contributed by atoms with Crippen molar-refractivity contribution in [3.05, 3.63) is 29.8 Å². The van der Waals surface area contributed by atoms with E-state index < -0.39 is 10.1 Å². The molecule has 1 unspecified atom stereocenters. The summed E-state index contributed by atoms with van der Waals surface area (Å²) in [5.41, 5.74) is 0.762. The molecule has 0 spiro atoms. The van der Waals surface area contributed by atoms with Crippen molar-refractivity contribution in [2.24, 2.45) is 0 Å². The van der Waals surface area contributed by atoms with Crippen LogP contribution in [0.3, 0.4) is 0 Å². The summed E-state index contributed by atoms with van der Waals surface area (Å²) in [7, 11) is -4.13. The summed E-state index contributed by atoms with van der Waals surface area (Å²) in [4.78, 5) is 0.0739. The summed E-state index contributed by atoms with van der Waals surface area (Å²) >= 11 is 0. The normalized spacial score (nSPS) is 13.2. The van der Waals surface area contributed by atoms with E-state index in [1.807, 2.05) is 12.1 Å². The van der Waals surface area contributed by atoms with E-state index >= 15 is 0 Å². The Morgan fingerprint density at radius 2 is 1.55 bits per heavy atom. The molecule has 4 heteroatoms. The molecule has 0 saturated carbocycles. The molecule has 0 aromatic heterocycles. The maximum Gasteiger partial charge on any atom is 0.294 e. The lowest BCUT2D eigenvalue weighted by Gasteiger charge is -2.18. The summed E-state index contributed by atoms with van der Waals surface area (Å²) in [5, 5.41) is 0. The van der Waals surface area contributed by atoms with Gasteiger partial charge in [-0.05, 0) is 30.4 Å². The molecule has 22 heavy (non-hydrogen) atoms. The number of benzene rings is 1. The maximum absolute atomic E-state index is 11.5. The second-order valence-electron chi connectivity index (χ2n) is 6.03. The van der Waals surface area contributed by atoms with Gasteiger partial charge in [0, 0.05) is 0 Å². The number of rotatable bonds is 11. The first-order valence-electron chi connectivity index (χ1n) is 8.57. The first kappa shape index (κ1) is 19.2. The summed E-state index contributed by atoms with van der Waals surface area (Å²) < 4.78 is 32.4. The van der Waals surface area contributed by atoms with E-state index in [0.717, 1.165) is 24.8 Å². The molecule has 3 nitrogen and oxygen atoms in total. The minimum Gasteiger partial charge on any atom is -0.282 e. The summed E-state index contributed by atoms with van der Waals surface area (Å²) in [5.74, 6) is 0.203. The van der Waals surface area contributed by atoms with Gasteiger partial charge >= 0.3 is 0 Å². The van der Waals surface area contributed by atoms with Crippen molar-refractivity contribution < 1.29 is 13.0 Å². The smallest absolute Gasteiger partial charge is 0.282 e. The van der Waals surface area contributed by atoms with Gasteiger partial charge in [0.1, 0.15) is 0 Å². The van der Waals surface area contributed by atoms with Gasteiger partial charge in [0.15, 0.2) is 0 Å². The third-order valence-corrected chi connectivity index (χ3v) is 5.21. The monoisotopic (exact) mass is 326 g/mol. The van der Waals surface area contributed by atoms with Gasteiger partial charge in [-0.25, -0.2) is 0 Å². The highest BCUT2D eigenvalue weighted by Crippen LogP contribution is 2.30. The Hall–Kier alpha value is -0.870. The Labute approximate surface area is 135 Å². The Morgan fingerprint density at radius 1 is 0.955 bits per heavy atom. The topological polar surface area (TPSA) is 54.4 Å². The van der Waals surface area contributed by atoms with Gasteiger partial charge in [-0.2, -0.15) is 8.42 Å². The standard InChI is InChI=1S/C18H30O3S/c1-3-5-6-7-8-9-10-13-16(4-2)17-14-11-12-15-18(17)22(19,20)21/h11-12,14-16H,3-10,13H2,1-2H3,(H,19,20,21). The fourth-order valence-corrected chi connectivity index (χ4v) is 3.76. The molecule has 1 aromatic rings. The van der Waals surface area contributed by atoms with Gasteiger partial charge in [-0.3, -0.25) is 4.55 Å². The van der Waals surface area contributed by atoms with Crippen molar-refractivity contribution in [1.82, 2.24) is 0 Å². The minimum atomic E-state index is -4.13. The first-order valence-corrected chi connectivity index (χ1v) is 10.0. The molecule has 0 heterocycles. The first-order chi connectivity index (χ1) is 10.5. The maximum atomic E-state index is 11.5. The van der Waals surface area contributed by atoms with Crippen LogP contribution in [-0.4, -0.2) is 13.0 Å². The Bertz CT molecular complexity index is 523. The van der Waals surface area contributed by atoms with E-state index in [4.69, 9.17) is 0 Å². The van der Waals surface area contributed by atoms with E-state index in [1.165, 1.54) is 44.6 Å². The summed E-state index contributed by atoms with van der Waals surface area (Å²) in [6.45, 7) is 4.30. The molecule has 1 rings (SSSR count). The Morgan fingerprint density at radius 3 is 2.14 bits per heavy atom. The molecular weight excluding hydrogens is 296 g/mol. The van der Waals surface area contributed by atoms with Gasteiger partial charge in [-0.15, -0.1) is 0 Å². The molecule has 0 radical (unpaired) electrons. The number of unbranched alkanes of at least 4 members (excludes halogenated alkanes) is 6. The van der Waals surface area contributed by atoms with E-state index in [9.17, 15) is 13.0 Å². The highest BCUT2D eigenvalue weighted by atomic mass is 32.2. The predicted octanol–water partition coefficient (Wildman–Crippen LogP) is 5.57. The van der Waals surface area contributed by atoms with Crippen molar-refractivity contribution in [3.8, 4) is 0 Å². The zero-order valence-electron chi connectivity index (χ0n) is 13.9. The second kappa shape index (κ2) is 10.0. The molecule has 0 saturated heterocycles. The third-order valence-electron chi connectivity index (χ3n) is 4.29. The molecule has 0 bridgehead atoms. The zero-order chi connectivity index (χ0) is 16.4. The minimum absolute atomic E-state index is 0.0739. The van der Waals surface area contributed by atoms with E-state index in [-0.39, 0.29) is 10.8 Å². The third kappa shape index (κ3) is 6.49. The van der Waals surface area contributed by atoms with Crippen molar-refractivity contribution in [1.29, 1.82) is 0 Å². The molecule has 0 fully saturated rings. The molecular formula is C18H30O3S. The van der Waals surface area contributed by atoms with Crippen LogP contribution < -0.4 is 0 Å². The lowest BCUT2D eigenvalue weighted by Crippen LogP contribution is -2.07. The van der Waals surface area contributed by atoms with Crippen LogP contribution in [-0.2, 0) is 10.1 Å². The molecule has 126 valence electrons. The highest BCUT2D eigenvalue weighted by molar-refractivity contribution is 7.85. The number of hydrogen-bond acceptors (Lipinski definition) is 2. The van der Waals surface area contributed by atoms with Crippen LogP contribution in [0, 0.1) is 0 Å². The van der Waals surface area contributed by atoms with Crippen LogP contribution in [0.4, 0.5) is 0 Å². The van der Waals surface area contributed by atoms with Gasteiger partial charge in [0.05, 0.1) is 4.90 Å². The summed E-state index contributed by atoms with van der Waals surface area (Å²) in [6.07, 6.45) is 10.7. The molecule has 1 atom stereocenters. The molecule has 0 aliphatic rings. The van der Waals surface area contributed by atoms with Crippen LogP contribution in [0.25, 0.3) is 0 Å². The second-order valence-corrected chi connectivity index (χ2v) is 7.42. The van der Waals surface area contributed by atoms with Crippen molar-refractivity contribution >= 4 is 10.1 Å². The van der Waals surface area contributed by atoms with Crippen LogP contribution >= 0.6 is 0 Å². The van der Waals surface area contributed by atoms with Gasteiger partial charge in [0.25, 0.3) is 10.1 Å². The highest BCUT2D eigenvalue weighted by Gasteiger charge is 2.20. The van der Waals surface area contributed by atoms with Crippen molar-refractivity contribution in [2.75, 3.05) is 0 Å². The number of hydrogen-bond donors (Lipinski definition) is 1. The largest absolute Gasteiger partial charge is 0.294 e. The van der Waals surface area contributed by atoms with Gasteiger partial charge < -0.3 is 0 Å². The molecule has 1 aromatic carbocycles. The molecule has 0 aliphatic carbocycles. The van der Waals surface area contributed by atoms with Crippen LogP contribution in [0.15, 0.2) is 29.2 Å². The van der Waals surface area contributed by atoms with E-state index in [2.05, 4.69) is 13.8 Å². The average Bonchev–Trinajstić information content (AvgIpc) is 2.49.